The van der Waals surface area contributed by atoms with Crippen LogP contribution in [0, 0.1) is 0 Å². The zero-order valence-corrected chi connectivity index (χ0v) is 14.4. The smallest absolute Gasteiger partial charge is 0.0934 e. The lowest BCUT2D eigenvalue weighted by molar-refractivity contribution is 0.465. The van der Waals surface area contributed by atoms with E-state index in [0.717, 1.165) is 10.8 Å². The Hall–Kier alpha value is -0.830. The first-order valence-corrected chi connectivity index (χ1v) is 8.88. The summed E-state index contributed by atoms with van der Waals surface area (Å²) in [5, 5.41) is 3.76. The van der Waals surface area contributed by atoms with Crippen LogP contribution in [0.4, 0.5) is 0 Å². The molecule has 0 fully saturated rings. The molecule has 1 nitrogen and oxygen atoms in total. The maximum absolute atomic E-state index is 6.13. The third kappa shape index (κ3) is 3.18. The summed E-state index contributed by atoms with van der Waals surface area (Å²) in [6, 6.07) is 12.0. The molecule has 1 aromatic heterocycles. The molecule has 3 heteroatoms. The van der Waals surface area contributed by atoms with Crippen LogP contribution in [0.1, 0.15) is 66.8 Å². The molecule has 0 saturated heterocycles. The van der Waals surface area contributed by atoms with E-state index in [-0.39, 0.29) is 0 Å². The first kappa shape index (κ1) is 15.1. The molecule has 3 rings (SSSR count). The van der Waals surface area contributed by atoms with Gasteiger partial charge in [-0.05, 0) is 48.4 Å². The first-order chi connectivity index (χ1) is 10.0. The van der Waals surface area contributed by atoms with Crippen molar-refractivity contribution in [2.75, 3.05) is 0 Å². The van der Waals surface area contributed by atoms with Crippen LogP contribution in [0.5, 0.6) is 0 Å². The topological polar surface area (TPSA) is 12.0 Å². The lowest BCUT2D eigenvalue weighted by atomic mass is 9.99. The van der Waals surface area contributed by atoms with Crippen molar-refractivity contribution >= 4 is 22.9 Å². The van der Waals surface area contributed by atoms with Crippen LogP contribution in [0.25, 0.3) is 0 Å². The standard InChI is InChI=1S/C18H22ClNS/c1-11(2)13-4-6-14(7-5-13)12(3)20-16-8-9-17-15(16)10-18(19)21-17/h4-7,10-12,16,20H,8-9H2,1-3H3. The third-order valence-electron chi connectivity index (χ3n) is 4.40. The van der Waals surface area contributed by atoms with Crippen molar-refractivity contribution in [1.82, 2.24) is 5.32 Å². The second-order valence-electron chi connectivity index (χ2n) is 6.23. The van der Waals surface area contributed by atoms with Crippen molar-refractivity contribution in [2.45, 2.75) is 51.6 Å². The largest absolute Gasteiger partial charge is 0.303 e. The number of hydrogen-bond donors (Lipinski definition) is 1. The number of thiophene rings is 1. The molecule has 0 saturated carbocycles. The number of halogens is 1. The van der Waals surface area contributed by atoms with Crippen LogP contribution in [0.3, 0.4) is 0 Å². The maximum Gasteiger partial charge on any atom is 0.0934 e. The highest BCUT2D eigenvalue weighted by Gasteiger charge is 2.26. The lowest BCUT2D eigenvalue weighted by Crippen LogP contribution is -2.22. The fourth-order valence-electron chi connectivity index (χ4n) is 3.07. The van der Waals surface area contributed by atoms with Crippen molar-refractivity contribution in [3.05, 3.63) is 56.2 Å². The van der Waals surface area contributed by atoms with Gasteiger partial charge < -0.3 is 5.32 Å². The Kier molecular flexibility index (Phi) is 4.39. The fraction of sp³-hybridized carbons (Fsp3) is 0.444. The average Bonchev–Trinajstić information content (AvgIpc) is 2.99. The molecule has 1 aliphatic rings. The molecule has 0 spiro atoms. The fourth-order valence-corrected chi connectivity index (χ4v) is 4.43. The van der Waals surface area contributed by atoms with E-state index in [0.29, 0.717) is 18.0 Å². The van der Waals surface area contributed by atoms with Crippen LogP contribution < -0.4 is 5.32 Å². The summed E-state index contributed by atoms with van der Waals surface area (Å²) in [6.45, 7) is 6.71. The minimum Gasteiger partial charge on any atom is -0.303 e. The number of fused-ring (bicyclic) bond motifs is 1. The van der Waals surface area contributed by atoms with E-state index in [2.05, 4.69) is 56.4 Å². The van der Waals surface area contributed by atoms with E-state index in [4.69, 9.17) is 11.6 Å². The van der Waals surface area contributed by atoms with Gasteiger partial charge in [0.05, 0.1) is 4.34 Å². The van der Waals surface area contributed by atoms with E-state index in [1.807, 2.05) is 0 Å². The van der Waals surface area contributed by atoms with Crippen LogP contribution in [0.15, 0.2) is 30.3 Å². The van der Waals surface area contributed by atoms with Gasteiger partial charge in [0.2, 0.25) is 0 Å². The lowest BCUT2D eigenvalue weighted by Gasteiger charge is -2.20. The quantitative estimate of drug-likeness (QED) is 0.744. The molecular weight excluding hydrogens is 298 g/mol. The first-order valence-electron chi connectivity index (χ1n) is 7.68. The minimum atomic E-state index is 0.362. The van der Waals surface area contributed by atoms with Crippen LogP contribution >= 0.6 is 22.9 Å². The maximum atomic E-state index is 6.13. The van der Waals surface area contributed by atoms with Gasteiger partial charge in [-0.25, -0.2) is 0 Å². The SMILES string of the molecule is CC(C)c1ccc(C(C)NC2CCc3sc(Cl)cc32)cc1. The second-order valence-corrected chi connectivity index (χ2v) is 8.00. The van der Waals surface area contributed by atoms with Gasteiger partial charge in [-0.15, -0.1) is 11.3 Å². The highest BCUT2D eigenvalue weighted by Crippen LogP contribution is 2.40. The summed E-state index contributed by atoms with van der Waals surface area (Å²) < 4.78 is 0.917. The summed E-state index contributed by atoms with van der Waals surface area (Å²) in [4.78, 5) is 1.46. The van der Waals surface area contributed by atoms with Gasteiger partial charge in [0.1, 0.15) is 0 Å². The van der Waals surface area contributed by atoms with Crippen molar-refractivity contribution in [3.8, 4) is 0 Å². The van der Waals surface area contributed by atoms with Crippen molar-refractivity contribution in [1.29, 1.82) is 0 Å². The molecule has 0 bridgehead atoms. The highest BCUT2D eigenvalue weighted by molar-refractivity contribution is 7.16. The molecule has 0 amide bonds. The Balaban J connectivity index is 1.70. The predicted octanol–water partition coefficient (Wildman–Crippen LogP) is 5.86. The predicted molar refractivity (Wildman–Crippen MR) is 92.5 cm³/mol. The Morgan fingerprint density at radius 2 is 1.81 bits per heavy atom. The van der Waals surface area contributed by atoms with Crippen LogP contribution in [-0.4, -0.2) is 0 Å². The Bertz CT molecular complexity index is 615. The number of nitrogens with one attached hydrogen (secondary N) is 1. The summed E-state index contributed by atoms with van der Waals surface area (Å²) in [5.74, 6) is 0.590. The molecule has 2 unspecified atom stereocenters. The normalized spacial score (nSPS) is 19.0. The second kappa shape index (κ2) is 6.12. The highest BCUT2D eigenvalue weighted by atomic mass is 35.5. The average molecular weight is 320 g/mol. The van der Waals surface area contributed by atoms with Gasteiger partial charge in [-0.3, -0.25) is 0 Å². The molecule has 1 N–H and O–H groups in total. The zero-order valence-electron chi connectivity index (χ0n) is 12.8. The van der Waals surface area contributed by atoms with Gasteiger partial charge in [-0.2, -0.15) is 0 Å². The van der Waals surface area contributed by atoms with Gasteiger partial charge in [0.25, 0.3) is 0 Å². The number of benzene rings is 1. The summed E-state index contributed by atoms with van der Waals surface area (Å²) in [7, 11) is 0. The molecular formula is C18H22ClNS. The Morgan fingerprint density at radius 3 is 2.48 bits per heavy atom. The monoisotopic (exact) mass is 319 g/mol. The Morgan fingerprint density at radius 1 is 1.14 bits per heavy atom. The van der Waals surface area contributed by atoms with Crippen molar-refractivity contribution in [3.63, 3.8) is 0 Å². The van der Waals surface area contributed by atoms with E-state index in [1.165, 1.54) is 28.0 Å². The number of hydrogen-bond acceptors (Lipinski definition) is 2. The molecule has 2 atom stereocenters. The molecule has 2 aromatic rings. The number of aryl methyl sites for hydroxylation is 1. The minimum absolute atomic E-state index is 0.362. The zero-order chi connectivity index (χ0) is 15.0. The van der Waals surface area contributed by atoms with E-state index in [1.54, 1.807) is 11.3 Å². The van der Waals surface area contributed by atoms with Gasteiger partial charge >= 0.3 is 0 Å². The third-order valence-corrected chi connectivity index (χ3v) is 5.74. The van der Waals surface area contributed by atoms with Gasteiger partial charge in [0, 0.05) is 17.0 Å². The molecule has 112 valence electrons. The van der Waals surface area contributed by atoms with Gasteiger partial charge in [-0.1, -0.05) is 49.7 Å². The Labute approximate surface area is 136 Å². The van der Waals surface area contributed by atoms with Crippen molar-refractivity contribution in [2.24, 2.45) is 0 Å². The molecule has 1 aliphatic carbocycles. The summed E-state index contributed by atoms with van der Waals surface area (Å²) >= 11 is 7.87. The summed E-state index contributed by atoms with van der Waals surface area (Å²) in [5.41, 5.74) is 4.17. The van der Waals surface area contributed by atoms with E-state index in [9.17, 15) is 0 Å². The number of rotatable bonds is 4. The molecule has 1 aromatic carbocycles. The molecule has 0 radical (unpaired) electrons. The van der Waals surface area contributed by atoms with Crippen LogP contribution in [0.2, 0.25) is 4.34 Å². The summed E-state index contributed by atoms with van der Waals surface area (Å²) in [6.07, 6.45) is 2.34. The van der Waals surface area contributed by atoms with E-state index < -0.39 is 0 Å². The molecule has 1 heterocycles. The van der Waals surface area contributed by atoms with Gasteiger partial charge in [0.15, 0.2) is 0 Å². The molecule has 0 aliphatic heterocycles. The molecule has 21 heavy (non-hydrogen) atoms. The van der Waals surface area contributed by atoms with Crippen molar-refractivity contribution < 1.29 is 0 Å². The van der Waals surface area contributed by atoms with E-state index >= 15 is 0 Å². The van der Waals surface area contributed by atoms with Crippen LogP contribution in [-0.2, 0) is 6.42 Å².